The highest BCUT2D eigenvalue weighted by molar-refractivity contribution is 5.84. The molecule has 2 aromatic carbocycles. The van der Waals surface area contributed by atoms with Crippen molar-refractivity contribution in [3.05, 3.63) is 89.9 Å². The molecule has 0 aliphatic carbocycles. The van der Waals surface area contributed by atoms with Gasteiger partial charge in [-0.2, -0.15) is 10.4 Å². The average Bonchev–Trinajstić information content (AvgIpc) is 3.31. The predicted molar refractivity (Wildman–Crippen MR) is 137 cm³/mol. The number of nitrogens with zero attached hydrogens (tertiary/aromatic N) is 6. The van der Waals surface area contributed by atoms with Crippen LogP contribution >= 0.6 is 0 Å². The lowest BCUT2D eigenvalue weighted by molar-refractivity contribution is 0.123. The number of imidazole rings is 1. The van der Waals surface area contributed by atoms with Crippen molar-refractivity contribution in [1.82, 2.24) is 19.6 Å². The molecule has 170 valence electrons. The van der Waals surface area contributed by atoms with Gasteiger partial charge in [0.15, 0.2) is 5.65 Å². The topological polar surface area (TPSA) is 79.3 Å². The molecule has 0 unspecified atom stereocenters. The second kappa shape index (κ2) is 9.01. The van der Waals surface area contributed by atoms with E-state index >= 15 is 0 Å². The van der Waals surface area contributed by atoms with Gasteiger partial charge in [-0.1, -0.05) is 36.4 Å². The monoisotopic (exact) mass is 458 g/mol. The van der Waals surface area contributed by atoms with E-state index in [1.165, 1.54) is 0 Å². The minimum absolute atomic E-state index is 0.591. The molecule has 0 atom stereocenters. The lowest BCUT2D eigenvalue weighted by Crippen LogP contribution is -2.36. The molecule has 7 heteroatoms. The highest BCUT2D eigenvalue weighted by Crippen LogP contribution is 2.31. The molecule has 0 N–H and O–H groups in total. The fourth-order valence-electron chi connectivity index (χ4n) is 4.46. The molecule has 6 rings (SSSR count). The minimum atomic E-state index is 0.591. The second-order valence-corrected chi connectivity index (χ2v) is 8.35. The van der Waals surface area contributed by atoms with Gasteiger partial charge in [0.1, 0.15) is 5.69 Å². The van der Waals surface area contributed by atoms with Gasteiger partial charge in [0.25, 0.3) is 0 Å². The minimum Gasteiger partial charge on any atom is -0.378 e. The molecule has 7 nitrogen and oxygen atoms in total. The van der Waals surface area contributed by atoms with Crippen LogP contribution in [0.3, 0.4) is 0 Å². The summed E-state index contributed by atoms with van der Waals surface area (Å²) in [6.07, 6.45) is 5.75. The first-order valence-corrected chi connectivity index (χ1v) is 11.5. The van der Waals surface area contributed by atoms with Crippen LogP contribution in [0.25, 0.3) is 40.0 Å². The van der Waals surface area contributed by atoms with Crippen molar-refractivity contribution >= 4 is 34.4 Å². The molecule has 35 heavy (non-hydrogen) atoms. The second-order valence-electron chi connectivity index (χ2n) is 8.35. The zero-order valence-corrected chi connectivity index (χ0v) is 19.0. The van der Waals surface area contributed by atoms with Crippen LogP contribution in [-0.4, -0.2) is 45.9 Å². The number of morpholine rings is 1. The molecule has 1 aliphatic rings. The van der Waals surface area contributed by atoms with Crippen molar-refractivity contribution in [2.75, 3.05) is 31.2 Å². The summed E-state index contributed by atoms with van der Waals surface area (Å²) in [4.78, 5) is 12.1. The van der Waals surface area contributed by atoms with Gasteiger partial charge in [-0.25, -0.2) is 14.5 Å². The number of anilines is 1. The number of aromatic nitrogens is 4. The summed E-state index contributed by atoms with van der Waals surface area (Å²) < 4.78 is 7.41. The zero-order chi connectivity index (χ0) is 23.6. The lowest BCUT2D eigenvalue weighted by atomic mass is 10.1. The Bertz CT molecular complexity index is 1610. The average molecular weight is 459 g/mol. The van der Waals surface area contributed by atoms with E-state index in [2.05, 4.69) is 28.2 Å². The van der Waals surface area contributed by atoms with E-state index in [9.17, 15) is 5.26 Å². The van der Waals surface area contributed by atoms with Gasteiger partial charge in [-0.3, -0.25) is 0 Å². The molecule has 1 saturated heterocycles. The van der Waals surface area contributed by atoms with Crippen LogP contribution in [-0.2, 0) is 4.74 Å². The Kier molecular flexibility index (Phi) is 5.41. The first kappa shape index (κ1) is 21.0. The number of pyridine rings is 1. The zero-order valence-electron chi connectivity index (χ0n) is 19.0. The van der Waals surface area contributed by atoms with Crippen LogP contribution in [0.4, 0.5) is 5.69 Å². The van der Waals surface area contributed by atoms with E-state index < -0.39 is 0 Å². The van der Waals surface area contributed by atoms with Gasteiger partial charge in [0, 0.05) is 24.0 Å². The largest absolute Gasteiger partial charge is 0.378 e. The number of benzene rings is 2. The molecular weight excluding hydrogens is 436 g/mol. The SMILES string of the molecule is N#Cc1cccc(-c2c(/C=C/c3ccc4ccccc4n3)nc3c(N4CCOCC4)ccnn23)c1. The van der Waals surface area contributed by atoms with Gasteiger partial charge in [0.05, 0.1) is 53.6 Å². The van der Waals surface area contributed by atoms with Gasteiger partial charge >= 0.3 is 0 Å². The Hall–Kier alpha value is -4.54. The molecule has 0 bridgehead atoms. The fraction of sp³-hybridized carbons (Fsp3) is 0.143. The summed E-state index contributed by atoms with van der Waals surface area (Å²) in [7, 11) is 0. The van der Waals surface area contributed by atoms with Crippen LogP contribution in [0.15, 0.2) is 72.9 Å². The summed E-state index contributed by atoms with van der Waals surface area (Å²) in [5.74, 6) is 0. The number of para-hydroxylation sites is 1. The van der Waals surface area contributed by atoms with Gasteiger partial charge < -0.3 is 9.64 Å². The molecule has 4 heterocycles. The predicted octanol–water partition coefficient (Wildman–Crippen LogP) is 4.82. The summed E-state index contributed by atoms with van der Waals surface area (Å²) in [5, 5.41) is 15.2. The van der Waals surface area contributed by atoms with Gasteiger partial charge in [-0.05, 0) is 42.5 Å². The Balaban J connectivity index is 1.51. The fourth-order valence-corrected chi connectivity index (χ4v) is 4.46. The molecule has 0 radical (unpaired) electrons. The van der Waals surface area contributed by atoms with E-state index in [1.54, 1.807) is 12.3 Å². The third kappa shape index (κ3) is 4.01. The maximum absolute atomic E-state index is 9.47. The van der Waals surface area contributed by atoms with Crippen molar-refractivity contribution in [1.29, 1.82) is 5.26 Å². The standard InChI is InChI=1S/C28H22N6O/c29-19-20-4-3-6-22(18-20)27-25(11-10-23-9-8-21-5-1-2-7-24(21)31-23)32-28-26(12-13-30-34(27)28)33-14-16-35-17-15-33/h1-13,18H,14-17H2/b11-10+. The van der Waals surface area contributed by atoms with E-state index in [0.29, 0.717) is 18.8 Å². The number of ether oxygens (including phenoxy) is 1. The van der Waals surface area contributed by atoms with Crippen LogP contribution in [0.1, 0.15) is 17.0 Å². The van der Waals surface area contributed by atoms with Crippen molar-refractivity contribution in [2.45, 2.75) is 0 Å². The highest BCUT2D eigenvalue weighted by Gasteiger charge is 2.20. The Labute approximate surface area is 202 Å². The first-order valence-electron chi connectivity index (χ1n) is 11.5. The third-order valence-corrected chi connectivity index (χ3v) is 6.17. The van der Waals surface area contributed by atoms with Crippen LogP contribution in [0.5, 0.6) is 0 Å². The number of hydrogen-bond donors (Lipinski definition) is 0. The number of hydrogen-bond acceptors (Lipinski definition) is 6. The highest BCUT2D eigenvalue weighted by atomic mass is 16.5. The van der Waals surface area contributed by atoms with Crippen molar-refractivity contribution in [3.63, 3.8) is 0 Å². The smallest absolute Gasteiger partial charge is 0.178 e. The summed E-state index contributed by atoms with van der Waals surface area (Å²) in [5.41, 5.74) is 6.67. The molecule has 0 amide bonds. The van der Waals surface area contributed by atoms with E-state index in [4.69, 9.17) is 14.7 Å². The van der Waals surface area contributed by atoms with Crippen LogP contribution in [0, 0.1) is 11.3 Å². The summed E-state index contributed by atoms with van der Waals surface area (Å²) in [6, 6.07) is 23.9. The number of rotatable bonds is 4. The van der Waals surface area contributed by atoms with Crippen molar-refractivity contribution in [2.24, 2.45) is 0 Å². The van der Waals surface area contributed by atoms with Gasteiger partial charge in [-0.15, -0.1) is 0 Å². The molecule has 1 fully saturated rings. The molecule has 3 aromatic heterocycles. The molecular formula is C28H22N6O. The molecule has 0 saturated carbocycles. The van der Waals surface area contributed by atoms with E-state index in [0.717, 1.165) is 58.0 Å². The Morgan fingerprint density at radius 2 is 1.80 bits per heavy atom. The Morgan fingerprint density at radius 3 is 2.69 bits per heavy atom. The van der Waals surface area contributed by atoms with E-state index in [-0.39, 0.29) is 0 Å². The maximum atomic E-state index is 9.47. The lowest BCUT2D eigenvalue weighted by Gasteiger charge is -2.28. The summed E-state index contributed by atoms with van der Waals surface area (Å²) >= 11 is 0. The van der Waals surface area contributed by atoms with Crippen LogP contribution in [0.2, 0.25) is 0 Å². The van der Waals surface area contributed by atoms with Crippen molar-refractivity contribution < 1.29 is 4.74 Å². The van der Waals surface area contributed by atoms with Gasteiger partial charge in [0.2, 0.25) is 0 Å². The maximum Gasteiger partial charge on any atom is 0.178 e. The summed E-state index contributed by atoms with van der Waals surface area (Å²) in [6.45, 7) is 2.98. The molecule has 0 spiro atoms. The third-order valence-electron chi connectivity index (χ3n) is 6.17. The Morgan fingerprint density at radius 1 is 0.914 bits per heavy atom. The number of nitriles is 1. The van der Waals surface area contributed by atoms with Crippen LogP contribution < -0.4 is 4.90 Å². The van der Waals surface area contributed by atoms with E-state index in [1.807, 2.05) is 65.2 Å². The molecule has 5 aromatic rings. The normalized spacial score (nSPS) is 14.1. The number of fused-ring (bicyclic) bond motifs is 2. The quantitative estimate of drug-likeness (QED) is 0.384. The van der Waals surface area contributed by atoms with Crippen molar-refractivity contribution in [3.8, 4) is 17.3 Å². The first-order chi connectivity index (χ1) is 17.3. The molecule has 1 aliphatic heterocycles.